The van der Waals surface area contributed by atoms with Crippen LogP contribution in [0.4, 0.5) is 5.82 Å². The smallest absolute Gasteiger partial charge is 0.327 e. The summed E-state index contributed by atoms with van der Waals surface area (Å²) >= 11 is 0. The lowest BCUT2D eigenvalue weighted by molar-refractivity contribution is 0.773. The predicted octanol–water partition coefficient (Wildman–Crippen LogP) is 2.69. The third kappa shape index (κ3) is 4.60. The average Bonchev–Trinajstić information content (AvgIpc) is 2.55. The summed E-state index contributed by atoms with van der Waals surface area (Å²) in [5.74, 6) is 0.506. The molecule has 0 saturated carbocycles. The van der Waals surface area contributed by atoms with Crippen molar-refractivity contribution in [3.8, 4) is 0 Å². The molecule has 2 N–H and O–H groups in total. The molecule has 0 aliphatic heterocycles. The number of rotatable bonds is 5. The van der Waals surface area contributed by atoms with Crippen molar-refractivity contribution in [3.63, 3.8) is 0 Å². The summed E-state index contributed by atoms with van der Waals surface area (Å²) in [7, 11) is 0. The highest BCUT2D eigenvalue weighted by Crippen LogP contribution is 2.15. The number of nitrogens with zero attached hydrogens (tertiary/aromatic N) is 1. The second-order valence-electron chi connectivity index (χ2n) is 5.30. The number of anilines is 1. The normalized spacial score (nSPS) is 10.0. The fraction of sp³-hybridized carbons (Fsp3) is 0.111. The molecule has 124 valence electrons. The van der Waals surface area contributed by atoms with Crippen molar-refractivity contribution in [1.82, 2.24) is 9.97 Å². The van der Waals surface area contributed by atoms with Crippen molar-refractivity contribution in [2.24, 2.45) is 0 Å². The van der Waals surface area contributed by atoms with Gasteiger partial charge in [-0.05, 0) is 11.1 Å². The van der Waals surface area contributed by atoms with Crippen LogP contribution in [0.15, 0.2) is 76.3 Å². The molecule has 3 aromatic rings. The maximum Gasteiger partial charge on any atom is 0.327 e. The Bertz CT molecular complexity index is 806. The van der Waals surface area contributed by atoms with Gasteiger partial charge in [0.15, 0.2) is 0 Å². The van der Waals surface area contributed by atoms with Crippen LogP contribution in [0.3, 0.4) is 0 Å². The van der Waals surface area contributed by atoms with Crippen LogP contribution in [0.1, 0.15) is 11.1 Å². The first-order valence-corrected chi connectivity index (χ1v) is 7.37. The molecule has 0 aliphatic carbocycles. The Kier molecular flexibility index (Phi) is 5.98. The fourth-order valence-corrected chi connectivity index (χ4v) is 2.46. The minimum absolute atomic E-state index is 0. The number of nitrogens with one attached hydrogen (secondary N) is 2. The number of halogens is 1. The standard InChI is InChI=1S/C18H17N3O2.ClH/c22-17-11-16(19-18(23)20-17)21(12-14-7-3-1-4-8-14)13-15-9-5-2-6-10-15;/h1-11H,12-13H2,(H2,19,20,22,23);1H. The molecule has 24 heavy (non-hydrogen) atoms. The van der Waals surface area contributed by atoms with Gasteiger partial charge in [-0.2, -0.15) is 0 Å². The van der Waals surface area contributed by atoms with Gasteiger partial charge in [-0.15, -0.1) is 12.4 Å². The SMILES string of the molecule is Cl.O=c1cc(N(Cc2ccccc2)Cc2ccccc2)[nH]c(=O)[nH]1. The topological polar surface area (TPSA) is 69.0 Å². The van der Waals surface area contributed by atoms with Crippen LogP contribution in [-0.2, 0) is 13.1 Å². The molecule has 0 atom stereocenters. The summed E-state index contributed by atoms with van der Waals surface area (Å²) in [5.41, 5.74) is 1.29. The number of H-pyrrole nitrogens is 2. The van der Waals surface area contributed by atoms with Gasteiger partial charge in [0.25, 0.3) is 5.56 Å². The summed E-state index contributed by atoms with van der Waals surface area (Å²) in [5, 5.41) is 0. The number of hydrogen-bond acceptors (Lipinski definition) is 3. The molecule has 1 aromatic heterocycles. The van der Waals surface area contributed by atoms with Gasteiger partial charge < -0.3 is 4.90 Å². The van der Waals surface area contributed by atoms with Crippen molar-refractivity contribution in [3.05, 3.63) is 98.7 Å². The highest BCUT2D eigenvalue weighted by Gasteiger charge is 2.10. The number of hydrogen-bond donors (Lipinski definition) is 2. The highest BCUT2D eigenvalue weighted by molar-refractivity contribution is 5.85. The van der Waals surface area contributed by atoms with E-state index in [0.717, 1.165) is 11.1 Å². The monoisotopic (exact) mass is 343 g/mol. The lowest BCUT2D eigenvalue weighted by atomic mass is 10.1. The molecule has 0 bridgehead atoms. The van der Waals surface area contributed by atoms with Crippen molar-refractivity contribution in [2.45, 2.75) is 13.1 Å². The minimum Gasteiger partial charge on any atom is -0.349 e. The first-order valence-electron chi connectivity index (χ1n) is 7.37. The van der Waals surface area contributed by atoms with E-state index in [0.29, 0.717) is 18.9 Å². The van der Waals surface area contributed by atoms with Crippen LogP contribution < -0.4 is 16.1 Å². The summed E-state index contributed by atoms with van der Waals surface area (Å²) < 4.78 is 0. The molecule has 0 fully saturated rings. The Labute approximate surface area is 145 Å². The maximum absolute atomic E-state index is 11.6. The van der Waals surface area contributed by atoms with Crippen LogP contribution in [-0.4, -0.2) is 9.97 Å². The molecular formula is C18H18ClN3O2. The molecule has 1 heterocycles. The molecule has 0 saturated heterocycles. The van der Waals surface area contributed by atoms with Crippen molar-refractivity contribution >= 4 is 18.2 Å². The van der Waals surface area contributed by atoms with E-state index in [1.807, 2.05) is 65.6 Å². The molecule has 5 nitrogen and oxygen atoms in total. The van der Waals surface area contributed by atoms with Gasteiger partial charge in [0.1, 0.15) is 5.82 Å². The third-order valence-electron chi connectivity index (χ3n) is 3.52. The summed E-state index contributed by atoms with van der Waals surface area (Å²) in [4.78, 5) is 30.1. The van der Waals surface area contributed by atoms with Gasteiger partial charge in [-0.1, -0.05) is 60.7 Å². The van der Waals surface area contributed by atoms with Crippen LogP contribution in [0.5, 0.6) is 0 Å². The maximum atomic E-state index is 11.6. The summed E-state index contributed by atoms with van der Waals surface area (Å²) in [6.45, 7) is 1.18. The van der Waals surface area contributed by atoms with E-state index in [-0.39, 0.29) is 12.4 Å². The highest BCUT2D eigenvalue weighted by atomic mass is 35.5. The average molecular weight is 344 g/mol. The van der Waals surface area contributed by atoms with E-state index >= 15 is 0 Å². The number of aromatic nitrogens is 2. The quantitative estimate of drug-likeness (QED) is 0.748. The van der Waals surface area contributed by atoms with Crippen molar-refractivity contribution in [1.29, 1.82) is 0 Å². The summed E-state index contributed by atoms with van der Waals surface area (Å²) in [6, 6.07) is 21.3. The second kappa shape index (κ2) is 8.17. The van der Waals surface area contributed by atoms with E-state index in [4.69, 9.17) is 0 Å². The van der Waals surface area contributed by atoms with Crippen LogP contribution in [0, 0.1) is 0 Å². The van der Waals surface area contributed by atoms with Gasteiger partial charge in [-0.25, -0.2) is 4.79 Å². The predicted molar refractivity (Wildman–Crippen MR) is 97.7 cm³/mol. The second-order valence-corrected chi connectivity index (χ2v) is 5.30. The zero-order valence-electron chi connectivity index (χ0n) is 12.9. The lowest BCUT2D eigenvalue weighted by Gasteiger charge is -2.24. The van der Waals surface area contributed by atoms with Gasteiger partial charge in [0.05, 0.1) is 0 Å². The van der Waals surface area contributed by atoms with E-state index in [9.17, 15) is 9.59 Å². The largest absolute Gasteiger partial charge is 0.349 e. The van der Waals surface area contributed by atoms with Crippen molar-refractivity contribution in [2.75, 3.05) is 4.90 Å². The first kappa shape index (κ1) is 17.6. The van der Waals surface area contributed by atoms with Gasteiger partial charge in [0.2, 0.25) is 0 Å². The molecular weight excluding hydrogens is 326 g/mol. The molecule has 0 radical (unpaired) electrons. The van der Waals surface area contributed by atoms with Gasteiger partial charge in [0, 0.05) is 19.2 Å². The molecule has 0 spiro atoms. The van der Waals surface area contributed by atoms with Crippen LogP contribution in [0.25, 0.3) is 0 Å². The van der Waals surface area contributed by atoms with E-state index < -0.39 is 11.2 Å². The van der Waals surface area contributed by atoms with Crippen LogP contribution in [0.2, 0.25) is 0 Å². The molecule has 2 aromatic carbocycles. The Morgan fingerprint density at radius 2 is 1.25 bits per heavy atom. The minimum atomic E-state index is -0.501. The fourth-order valence-electron chi connectivity index (χ4n) is 2.46. The number of benzene rings is 2. The Morgan fingerprint density at radius 1 is 0.750 bits per heavy atom. The van der Waals surface area contributed by atoms with E-state index in [1.54, 1.807) is 0 Å². The first-order chi connectivity index (χ1) is 11.2. The molecule has 3 rings (SSSR count). The number of aromatic amines is 2. The third-order valence-corrected chi connectivity index (χ3v) is 3.52. The van der Waals surface area contributed by atoms with E-state index in [1.165, 1.54) is 6.07 Å². The molecule has 6 heteroatoms. The lowest BCUT2D eigenvalue weighted by Crippen LogP contribution is -2.29. The van der Waals surface area contributed by atoms with E-state index in [2.05, 4.69) is 9.97 Å². The van der Waals surface area contributed by atoms with Gasteiger partial charge in [-0.3, -0.25) is 14.8 Å². The molecule has 0 amide bonds. The molecule has 0 unspecified atom stereocenters. The van der Waals surface area contributed by atoms with Gasteiger partial charge >= 0.3 is 5.69 Å². The summed E-state index contributed by atoms with van der Waals surface area (Å²) in [6.07, 6.45) is 0. The Morgan fingerprint density at radius 3 is 1.71 bits per heavy atom. The zero-order valence-corrected chi connectivity index (χ0v) is 13.8. The zero-order chi connectivity index (χ0) is 16.1. The Hall–Kier alpha value is -2.79. The molecule has 0 aliphatic rings. The van der Waals surface area contributed by atoms with Crippen molar-refractivity contribution < 1.29 is 0 Å². The Balaban J connectivity index is 0.00000208. The van der Waals surface area contributed by atoms with Crippen LogP contribution >= 0.6 is 12.4 Å².